The first-order valence-electron chi connectivity index (χ1n) is 10.4. The highest BCUT2D eigenvalue weighted by molar-refractivity contribution is 5.94. The van der Waals surface area contributed by atoms with E-state index in [9.17, 15) is 22.8 Å². The van der Waals surface area contributed by atoms with E-state index in [1.807, 2.05) is 30.3 Å². The number of amides is 2. The van der Waals surface area contributed by atoms with Gasteiger partial charge in [0.2, 0.25) is 5.91 Å². The standard InChI is InChI=1S/C23H26F3N3O2/c24-23(25,26)19-9-7-18(8-10-19)22(31)29-15-11-17(12-16-29)21(30)28-14-4-13-27-20-5-2-1-3-6-20/h1-3,5-10,17,27H,4,11-16H2,(H,28,30). The lowest BCUT2D eigenvalue weighted by atomic mass is 9.95. The van der Waals surface area contributed by atoms with Crippen LogP contribution in [0.3, 0.4) is 0 Å². The zero-order valence-corrected chi connectivity index (χ0v) is 17.1. The summed E-state index contributed by atoms with van der Waals surface area (Å²) in [5, 5.41) is 6.23. The molecule has 0 saturated carbocycles. The minimum absolute atomic E-state index is 0.0126. The van der Waals surface area contributed by atoms with Crippen molar-refractivity contribution in [1.82, 2.24) is 10.2 Å². The van der Waals surface area contributed by atoms with Crippen LogP contribution in [0, 0.1) is 5.92 Å². The molecule has 8 heteroatoms. The Bertz CT molecular complexity index is 862. The highest BCUT2D eigenvalue weighted by Gasteiger charge is 2.31. The maximum Gasteiger partial charge on any atom is 0.416 e. The molecular weight excluding hydrogens is 407 g/mol. The van der Waals surface area contributed by atoms with Gasteiger partial charge in [0.15, 0.2) is 0 Å². The van der Waals surface area contributed by atoms with Crippen molar-refractivity contribution in [3.05, 3.63) is 65.7 Å². The molecule has 0 radical (unpaired) electrons. The summed E-state index contributed by atoms with van der Waals surface area (Å²) in [4.78, 5) is 26.5. The number of halogens is 3. The molecule has 3 rings (SSSR count). The number of hydrogen-bond donors (Lipinski definition) is 2. The average molecular weight is 433 g/mol. The van der Waals surface area contributed by atoms with Gasteiger partial charge in [0.25, 0.3) is 5.91 Å². The Morgan fingerprint density at radius 1 is 0.935 bits per heavy atom. The molecule has 1 fully saturated rings. The highest BCUT2D eigenvalue weighted by atomic mass is 19.4. The Morgan fingerprint density at radius 2 is 1.58 bits per heavy atom. The van der Waals surface area contributed by atoms with Crippen molar-refractivity contribution in [2.45, 2.75) is 25.4 Å². The number of anilines is 1. The van der Waals surface area contributed by atoms with Crippen LogP contribution in [0.15, 0.2) is 54.6 Å². The van der Waals surface area contributed by atoms with Crippen molar-refractivity contribution in [1.29, 1.82) is 0 Å². The van der Waals surface area contributed by atoms with Crippen LogP contribution in [0.25, 0.3) is 0 Å². The number of alkyl halides is 3. The fourth-order valence-corrected chi connectivity index (χ4v) is 3.56. The van der Waals surface area contributed by atoms with E-state index in [-0.39, 0.29) is 23.3 Å². The third-order valence-electron chi connectivity index (χ3n) is 5.37. The molecule has 0 aromatic heterocycles. The number of hydrogen-bond acceptors (Lipinski definition) is 3. The first-order chi connectivity index (χ1) is 14.8. The maximum atomic E-state index is 12.7. The van der Waals surface area contributed by atoms with Gasteiger partial charge in [0.1, 0.15) is 0 Å². The van der Waals surface area contributed by atoms with E-state index < -0.39 is 11.7 Å². The Morgan fingerprint density at radius 3 is 2.19 bits per heavy atom. The Labute approximate surface area is 179 Å². The van der Waals surface area contributed by atoms with Crippen molar-refractivity contribution in [2.24, 2.45) is 5.92 Å². The van der Waals surface area contributed by atoms with Gasteiger partial charge in [-0.2, -0.15) is 13.2 Å². The monoisotopic (exact) mass is 433 g/mol. The molecule has 0 aliphatic carbocycles. The van der Waals surface area contributed by atoms with Crippen molar-refractivity contribution in [3.63, 3.8) is 0 Å². The lowest BCUT2D eigenvalue weighted by molar-refractivity contribution is -0.137. The number of piperidine rings is 1. The van der Waals surface area contributed by atoms with Gasteiger partial charge in [-0.1, -0.05) is 18.2 Å². The quantitative estimate of drug-likeness (QED) is 0.644. The third-order valence-corrected chi connectivity index (χ3v) is 5.37. The molecule has 1 saturated heterocycles. The van der Waals surface area contributed by atoms with E-state index in [0.29, 0.717) is 32.5 Å². The van der Waals surface area contributed by atoms with Crippen molar-refractivity contribution in [3.8, 4) is 0 Å². The zero-order chi connectivity index (χ0) is 22.3. The lowest BCUT2D eigenvalue weighted by Crippen LogP contribution is -2.43. The Balaban J connectivity index is 1.37. The molecule has 0 unspecified atom stereocenters. The molecule has 1 aliphatic heterocycles. The molecule has 1 heterocycles. The second-order valence-electron chi connectivity index (χ2n) is 7.58. The van der Waals surface area contributed by atoms with Gasteiger partial charge in [-0.05, 0) is 55.7 Å². The van der Waals surface area contributed by atoms with Gasteiger partial charge in [0, 0.05) is 43.3 Å². The second-order valence-corrected chi connectivity index (χ2v) is 7.58. The van der Waals surface area contributed by atoms with Crippen molar-refractivity contribution in [2.75, 3.05) is 31.5 Å². The highest BCUT2D eigenvalue weighted by Crippen LogP contribution is 2.29. The van der Waals surface area contributed by atoms with Crippen molar-refractivity contribution >= 4 is 17.5 Å². The molecule has 0 bridgehead atoms. The number of nitrogens with one attached hydrogen (secondary N) is 2. The number of para-hydroxylation sites is 1. The largest absolute Gasteiger partial charge is 0.416 e. The number of benzene rings is 2. The number of carbonyl (C=O) groups excluding carboxylic acids is 2. The van der Waals surface area contributed by atoms with E-state index in [1.165, 1.54) is 12.1 Å². The lowest BCUT2D eigenvalue weighted by Gasteiger charge is -2.31. The molecule has 0 spiro atoms. The van der Waals surface area contributed by atoms with Crippen LogP contribution in [0.4, 0.5) is 18.9 Å². The molecule has 0 atom stereocenters. The topological polar surface area (TPSA) is 61.4 Å². The normalized spacial score (nSPS) is 14.9. The molecule has 166 valence electrons. The summed E-state index contributed by atoms with van der Waals surface area (Å²) in [7, 11) is 0. The minimum Gasteiger partial charge on any atom is -0.385 e. The number of rotatable bonds is 7. The average Bonchev–Trinajstić information content (AvgIpc) is 2.78. The first kappa shape index (κ1) is 22.7. The zero-order valence-electron chi connectivity index (χ0n) is 17.1. The number of carbonyl (C=O) groups is 2. The van der Waals surface area contributed by atoms with E-state index in [0.717, 1.165) is 30.8 Å². The maximum absolute atomic E-state index is 12.7. The smallest absolute Gasteiger partial charge is 0.385 e. The van der Waals surface area contributed by atoms with Crippen molar-refractivity contribution < 1.29 is 22.8 Å². The fraction of sp³-hybridized carbons (Fsp3) is 0.391. The molecule has 31 heavy (non-hydrogen) atoms. The second kappa shape index (κ2) is 10.3. The van der Waals surface area contributed by atoms with E-state index in [4.69, 9.17) is 0 Å². The van der Waals surface area contributed by atoms with Crippen LogP contribution in [0.2, 0.25) is 0 Å². The summed E-state index contributed by atoms with van der Waals surface area (Å²) in [5.74, 6) is -0.473. The number of likely N-dealkylation sites (tertiary alicyclic amines) is 1. The van der Waals surface area contributed by atoms with Crippen LogP contribution in [-0.2, 0) is 11.0 Å². The summed E-state index contributed by atoms with van der Waals surface area (Å²) >= 11 is 0. The van der Waals surface area contributed by atoms with Crippen LogP contribution in [0.1, 0.15) is 35.2 Å². The predicted octanol–water partition coefficient (Wildman–Crippen LogP) is 4.18. The molecule has 2 N–H and O–H groups in total. The molecule has 2 aromatic rings. The third kappa shape index (κ3) is 6.47. The predicted molar refractivity (Wildman–Crippen MR) is 113 cm³/mol. The SMILES string of the molecule is O=C(NCCCNc1ccccc1)C1CCN(C(=O)c2ccc(C(F)(F)F)cc2)CC1. The van der Waals surface area contributed by atoms with Gasteiger partial charge < -0.3 is 15.5 Å². The summed E-state index contributed by atoms with van der Waals surface area (Å²) in [6.45, 7) is 2.15. The summed E-state index contributed by atoms with van der Waals surface area (Å²) in [6.07, 6.45) is -2.54. The van der Waals surface area contributed by atoms with E-state index >= 15 is 0 Å². The molecule has 5 nitrogen and oxygen atoms in total. The first-order valence-corrected chi connectivity index (χ1v) is 10.4. The molecular formula is C23H26F3N3O2. The number of nitrogens with zero attached hydrogens (tertiary/aromatic N) is 1. The fourth-order valence-electron chi connectivity index (χ4n) is 3.56. The summed E-state index contributed by atoms with van der Waals surface area (Å²) in [6, 6.07) is 14.1. The van der Waals surface area contributed by atoms with Gasteiger partial charge in [-0.15, -0.1) is 0 Å². The van der Waals surface area contributed by atoms with Crippen LogP contribution in [-0.4, -0.2) is 42.9 Å². The van der Waals surface area contributed by atoms with Gasteiger partial charge in [-0.25, -0.2) is 0 Å². The Kier molecular flexibility index (Phi) is 7.55. The molecule has 2 amide bonds. The van der Waals surface area contributed by atoms with E-state index in [2.05, 4.69) is 10.6 Å². The molecule has 1 aliphatic rings. The van der Waals surface area contributed by atoms with Crippen LogP contribution in [0.5, 0.6) is 0 Å². The summed E-state index contributed by atoms with van der Waals surface area (Å²) in [5.41, 5.74) is 0.485. The molecule has 2 aromatic carbocycles. The summed E-state index contributed by atoms with van der Waals surface area (Å²) < 4.78 is 38.0. The Hall–Kier alpha value is -3.03. The van der Waals surface area contributed by atoms with E-state index in [1.54, 1.807) is 4.90 Å². The minimum atomic E-state index is -4.43. The van der Waals surface area contributed by atoms with Gasteiger partial charge in [0.05, 0.1) is 5.56 Å². The van der Waals surface area contributed by atoms with Gasteiger partial charge >= 0.3 is 6.18 Å². The van der Waals surface area contributed by atoms with Gasteiger partial charge in [-0.3, -0.25) is 9.59 Å². The van der Waals surface area contributed by atoms with Crippen LogP contribution >= 0.6 is 0 Å². The van der Waals surface area contributed by atoms with Crippen LogP contribution < -0.4 is 10.6 Å².